The fourth-order valence-electron chi connectivity index (χ4n) is 2.79. The Balaban J connectivity index is 1.80. The van der Waals surface area contributed by atoms with E-state index in [1.807, 2.05) is 0 Å². The minimum Gasteiger partial charge on any atom is -0.449 e. The molecule has 1 N–H and O–H groups in total. The van der Waals surface area contributed by atoms with E-state index in [1.165, 1.54) is 25.1 Å². The number of nitriles is 1. The average Bonchev–Trinajstić information content (AvgIpc) is 2.75. The summed E-state index contributed by atoms with van der Waals surface area (Å²) in [7, 11) is 0. The van der Waals surface area contributed by atoms with Crippen LogP contribution in [-0.2, 0) is 9.53 Å². The average molecular weight is 388 g/mol. The SMILES string of the molecule is C[C@@H](OC(=O)c1ccccc1-c1ccccc1C#N)C(=O)Nc1ccccc1F. The third kappa shape index (κ3) is 4.47. The second-order valence-corrected chi connectivity index (χ2v) is 6.22. The first kappa shape index (κ1) is 19.8. The van der Waals surface area contributed by atoms with E-state index in [9.17, 15) is 19.2 Å². The Bertz CT molecular complexity index is 1110. The quantitative estimate of drug-likeness (QED) is 0.651. The van der Waals surface area contributed by atoms with Crippen LogP contribution < -0.4 is 5.32 Å². The van der Waals surface area contributed by atoms with Crippen molar-refractivity contribution in [3.8, 4) is 17.2 Å². The molecular formula is C23H17FN2O3. The number of nitrogens with one attached hydrogen (secondary N) is 1. The third-order valence-corrected chi connectivity index (χ3v) is 4.27. The van der Waals surface area contributed by atoms with Crippen molar-refractivity contribution in [1.29, 1.82) is 5.26 Å². The van der Waals surface area contributed by atoms with E-state index in [1.54, 1.807) is 54.6 Å². The number of anilines is 1. The number of para-hydroxylation sites is 1. The minimum absolute atomic E-state index is 0.00347. The van der Waals surface area contributed by atoms with Gasteiger partial charge in [0.1, 0.15) is 5.82 Å². The molecule has 0 spiro atoms. The topological polar surface area (TPSA) is 79.2 Å². The van der Waals surface area contributed by atoms with Gasteiger partial charge < -0.3 is 10.1 Å². The van der Waals surface area contributed by atoms with Crippen LogP contribution in [0.1, 0.15) is 22.8 Å². The van der Waals surface area contributed by atoms with Crippen LogP contribution in [0.2, 0.25) is 0 Å². The summed E-state index contributed by atoms with van der Waals surface area (Å²) in [6.07, 6.45) is -1.15. The molecule has 0 saturated heterocycles. The van der Waals surface area contributed by atoms with Crippen molar-refractivity contribution in [3.63, 3.8) is 0 Å². The number of carbonyl (C=O) groups is 2. The Morgan fingerprint density at radius 1 is 0.966 bits per heavy atom. The first-order valence-electron chi connectivity index (χ1n) is 8.86. The highest BCUT2D eigenvalue weighted by Gasteiger charge is 2.22. The van der Waals surface area contributed by atoms with Crippen LogP contribution in [0.3, 0.4) is 0 Å². The van der Waals surface area contributed by atoms with Crippen molar-refractivity contribution in [2.45, 2.75) is 13.0 Å². The van der Waals surface area contributed by atoms with Gasteiger partial charge in [0.25, 0.3) is 5.91 Å². The lowest BCUT2D eigenvalue weighted by Gasteiger charge is -2.16. The van der Waals surface area contributed by atoms with Crippen LogP contribution in [0.4, 0.5) is 10.1 Å². The van der Waals surface area contributed by atoms with E-state index < -0.39 is 23.8 Å². The zero-order chi connectivity index (χ0) is 20.8. The summed E-state index contributed by atoms with van der Waals surface area (Å²) in [5.74, 6) is -1.96. The highest BCUT2D eigenvalue weighted by molar-refractivity contribution is 6.01. The van der Waals surface area contributed by atoms with E-state index in [0.717, 1.165) is 0 Å². The van der Waals surface area contributed by atoms with Gasteiger partial charge in [-0.05, 0) is 36.8 Å². The first-order valence-corrected chi connectivity index (χ1v) is 8.86. The van der Waals surface area contributed by atoms with Gasteiger partial charge >= 0.3 is 5.97 Å². The fourth-order valence-corrected chi connectivity index (χ4v) is 2.79. The van der Waals surface area contributed by atoms with Crippen molar-refractivity contribution < 1.29 is 18.7 Å². The lowest BCUT2D eigenvalue weighted by molar-refractivity contribution is -0.123. The molecule has 3 aromatic carbocycles. The van der Waals surface area contributed by atoms with Gasteiger partial charge in [0, 0.05) is 5.56 Å². The molecule has 0 saturated carbocycles. The molecule has 0 unspecified atom stereocenters. The lowest BCUT2D eigenvalue weighted by Crippen LogP contribution is -2.30. The van der Waals surface area contributed by atoms with Crippen molar-refractivity contribution in [2.24, 2.45) is 0 Å². The maximum Gasteiger partial charge on any atom is 0.339 e. The van der Waals surface area contributed by atoms with Gasteiger partial charge in [-0.3, -0.25) is 4.79 Å². The molecule has 0 fully saturated rings. The van der Waals surface area contributed by atoms with Crippen LogP contribution in [0.15, 0.2) is 72.8 Å². The smallest absolute Gasteiger partial charge is 0.339 e. The molecule has 1 amide bonds. The number of hydrogen-bond acceptors (Lipinski definition) is 4. The molecule has 144 valence electrons. The summed E-state index contributed by atoms with van der Waals surface area (Å²) in [6, 6.07) is 21.4. The lowest BCUT2D eigenvalue weighted by atomic mass is 9.96. The van der Waals surface area contributed by atoms with Crippen LogP contribution >= 0.6 is 0 Å². The predicted octanol–water partition coefficient (Wildman–Crippen LogP) is 4.55. The van der Waals surface area contributed by atoms with Gasteiger partial charge in [0.05, 0.1) is 22.9 Å². The molecule has 29 heavy (non-hydrogen) atoms. The fraction of sp³-hybridized carbons (Fsp3) is 0.0870. The van der Waals surface area contributed by atoms with Gasteiger partial charge in [0.2, 0.25) is 0 Å². The molecule has 0 radical (unpaired) electrons. The molecule has 0 aliphatic rings. The Kier molecular flexibility index (Phi) is 6.00. The van der Waals surface area contributed by atoms with E-state index in [2.05, 4.69) is 11.4 Å². The van der Waals surface area contributed by atoms with Crippen LogP contribution in [0.25, 0.3) is 11.1 Å². The summed E-state index contributed by atoms with van der Waals surface area (Å²) < 4.78 is 19.0. The first-order chi connectivity index (χ1) is 14.0. The third-order valence-electron chi connectivity index (χ3n) is 4.27. The Morgan fingerprint density at radius 3 is 2.31 bits per heavy atom. The number of halogens is 1. The van der Waals surface area contributed by atoms with E-state index >= 15 is 0 Å². The number of esters is 1. The van der Waals surface area contributed by atoms with Gasteiger partial charge in [-0.2, -0.15) is 5.26 Å². The number of benzene rings is 3. The summed E-state index contributed by atoms with van der Waals surface area (Å²) in [5, 5.41) is 11.7. The normalized spacial score (nSPS) is 11.2. The second kappa shape index (κ2) is 8.81. The second-order valence-electron chi connectivity index (χ2n) is 6.22. The van der Waals surface area contributed by atoms with Gasteiger partial charge in [-0.15, -0.1) is 0 Å². The number of nitrogens with zero attached hydrogens (tertiary/aromatic N) is 1. The molecular weight excluding hydrogens is 371 g/mol. The summed E-state index contributed by atoms with van der Waals surface area (Å²) >= 11 is 0. The Labute approximate surface area is 167 Å². The molecule has 0 aromatic heterocycles. The molecule has 0 aliphatic heterocycles. The molecule has 0 aliphatic carbocycles. The van der Waals surface area contributed by atoms with Crippen molar-refractivity contribution in [1.82, 2.24) is 0 Å². The predicted molar refractivity (Wildman–Crippen MR) is 107 cm³/mol. The van der Waals surface area contributed by atoms with Gasteiger partial charge in [-0.1, -0.05) is 48.5 Å². The highest BCUT2D eigenvalue weighted by atomic mass is 19.1. The van der Waals surface area contributed by atoms with E-state index in [0.29, 0.717) is 16.7 Å². The van der Waals surface area contributed by atoms with Crippen LogP contribution in [0, 0.1) is 17.1 Å². The molecule has 0 bridgehead atoms. The molecule has 3 rings (SSSR count). The molecule has 0 heterocycles. The highest BCUT2D eigenvalue weighted by Crippen LogP contribution is 2.27. The van der Waals surface area contributed by atoms with E-state index in [4.69, 9.17) is 4.74 Å². The zero-order valence-electron chi connectivity index (χ0n) is 15.6. The van der Waals surface area contributed by atoms with Crippen molar-refractivity contribution >= 4 is 17.6 Å². The summed E-state index contributed by atoms with van der Waals surface area (Å²) in [5.41, 5.74) is 1.75. The number of carbonyl (C=O) groups excluding carboxylic acids is 2. The molecule has 1 atom stereocenters. The summed E-state index contributed by atoms with van der Waals surface area (Å²) in [4.78, 5) is 25.0. The summed E-state index contributed by atoms with van der Waals surface area (Å²) in [6.45, 7) is 1.40. The van der Waals surface area contributed by atoms with Gasteiger partial charge in [0.15, 0.2) is 6.10 Å². The number of rotatable bonds is 5. The van der Waals surface area contributed by atoms with Crippen molar-refractivity contribution in [2.75, 3.05) is 5.32 Å². The number of hydrogen-bond donors (Lipinski definition) is 1. The Morgan fingerprint density at radius 2 is 1.59 bits per heavy atom. The molecule has 3 aromatic rings. The molecule has 6 heteroatoms. The maximum atomic E-state index is 13.7. The largest absolute Gasteiger partial charge is 0.449 e. The standard InChI is InChI=1S/C23H17FN2O3/c1-15(22(27)26-21-13-7-6-12-20(21)24)29-23(28)19-11-5-4-10-18(19)17-9-3-2-8-16(17)14-25/h2-13,15H,1H3,(H,26,27)/t15-/m1/s1. The van der Waals surface area contributed by atoms with E-state index in [-0.39, 0.29) is 11.3 Å². The molecule has 5 nitrogen and oxygen atoms in total. The zero-order valence-corrected chi connectivity index (χ0v) is 15.6. The Hall–Kier alpha value is -3.98. The van der Waals surface area contributed by atoms with Crippen LogP contribution in [0.5, 0.6) is 0 Å². The monoisotopic (exact) mass is 388 g/mol. The van der Waals surface area contributed by atoms with Crippen LogP contribution in [-0.4, -0.2) is 18.0 Å². The minimum atomic E-state index is -1.15. The maximum absolute atomic E-state index is 13.7. The number of ether oxygens (including phenoxy) is 1. The number of amides is 1. The van der Waals surface area contributed by atoms with Gasteiger partial charge in [-0.25, -0.2) is 9.18 Å². The van der Waals surface area contributed by atoms with Crippen molar-refractivity contribution in [3.05, 3.63) is 89.7 Å².